The summed E-state index contributed by atoms with van der Waals surface area (Å²) in [6.45, 7) is 4.27. The van der Waals surface area contributed by atoms with Crippen LogP contribution in [0.3, 0.4) is 0 Å². The number of aliphatic hydroxyl groups excluding tert-OH is 1. The van der Waals surface area contributed by atoms with Crippen molar-refractivity contribution in [3.8, 4) is 11.3 Å². The van der Waals surface area contributed by atoms with E-state index in [-0.39, 0.29) is 0 Å². The maximum Gasteiger partial charge on any atom is 0.196 e. The Hall–Kier alpha value is -2.79. The molecule has 1 unspecified atom stereocenters. The van der Waals surface area contributed by atoms with Gasteiger partial charge in [0.05, 0.1) is 18.8 Å². The smallest absolute Gasteiger partial charge is 0.196 e. The number of aliphatic hydroxyl groups is 1. The van der Waals surface area contributed by atoms with Crippen molar-refractivity contribution in [2.24, 2.45) is 4.99 Å². The Morgan fingerprint density at radius 1 is 1.11 bits per heavy atom. The van der Waals surface area contributed by atoms with Gasteiger partial charge in [-0.15, -0.1) is 0 Å². The highest BCUT2D eigenvalue weighted by molar-refractivity contribution is 5.91. The number of guanidine groups is 1. The average molecular weight is 362 g/mol. The lowest BCUT2D eigenvalue weighted by molar-refractivity contribution is 0.0390. The second-order valence-corrected chi connectivity index (χ2v) is 6.92. The topological polar surface area (TPSA) is 63.6 Å². The van der Waals surface area contributed by atoms with Crippen LogP contribution >= 0.6 is 0 Å². The van der Waals surface area contributed by atoms with Crippen molar-refractivity contribution >= 4 is 16.9 Å². The lowest BCUT2D eigenvalue weighted by Crippen LogP contribution is -2.45. The molecule has 0 saturated carbocycles. The second-order valence-electron chi connectivity index (χ2n) is 6.92. The molecule has 3 aromatic rings. The molecule has 5 heteroatoms. The summed E-state index contributed by atoms with van der Waals surface area (Å²) < 4.78 is 0. The van der Waals surface area contributed by atoms with E-state index in [1.54, 1.807) is 0 Å². The van der Waals surface area contributed by atoms with Crippen molar-refractivity contribution in [1.29, 1.82) is 0 Å². The Morgan fingerprint density at radius 3 is 2.63 bits per heavy atom. The van der Waals surface area contributed by atoms with E-state index in [0.29, 0.717) is 13.0 Å². The maximum absolute atomic E-state index is 10.8. The van der Waals surface area contributed by atoms with Gasteiger partial charge in [-0.25, -0.2) is 0 Å². The van der Waals surface area contributed by atoms with Crippen LogP contribution in [-0.4, -0.2) is 40.3 Å². The monoisotopic (exact) mass is 362 g/mol. The molecule has 0 bridgehead atoms. The molecule has 0 amide bonds. The summed E-state index contributed by atoms with van der Waals surface area (Å²) in [5.41, 5.74) is 4.54. The number of aliphatic imine (C=N–C) groups is 1. The third-order valence-corrected chi connectivity index (χ3v) is 5.04. The molecule has 0 saturated heterocycles. The lowest BCUT2D eigenvalue weighted by Gasteiger charge is -2.30. The molecular weight excluding hydrogens is 336 g/mol. The Kier molecular flexibility index (Phi) is 5.12. The highest BCUT2D eigenvalue weighted by Gasteiger charge is 2.24. The van der Waals surface area contributed by atoms with Gasteiger partial charge in [-0.3, -0.25) is 4.99 Å². The number of benzene rings is 2. The number of fused-ring (bicyclic) bond motifs is 1. The first-order chi connectivity index (χ1) is 13.3. The van der Waals surface area contributed by atoms with E-state index in [2.05, 4.69) is 64.7 Å². The van der Waals surface area contributed by atoms with E-state index >= 15 is 0 Å². The fourth-order valence-corrected chi connectivity index (χ4v) is 3.70. The van der Waals surface area contributed by atoms with Crippen LogP contribution in [0, 0.1) is 0 Å². The summed E-state index contributed by atoms with van der Waals surface area (Å²) >= 11 is 0. The fourth-order valence-electron chi connectivity index (χ4n) is 3.70. The summed E-state index contributed by atoms with van der Waals surface area (Å²) in [6.07, 6.45) is 1.07. The van der Waals surface area contributed by atoms with Crippen molar-refractivity contribution in [2.75, 3.05) is 13.1 Å². The summed E-state index contributed by atoms with van der Waals surface area (Å²) in [5, 5.41) is 15.3. The van der Waals surface area contributed by atoms with E-state index in [1.807, 2.05) is 17.0 Å². The number of nitrogens with one attached hydrogen (secondary N) is 2. The van der Waals surface area contributed by atoms with Crippen LogP contribution in [0.5, 0.6) is 0 Å². The van der Waals surface area contributed by atoms with E-state index in [1.165, 1.54) is 10.9 Å². The van der Waals surface area contributed by atoms with Crippen LogP contribution in [0.15, 0.2) is 59.6 Å². The van der Waals surface area contributed by atoms with Gasteiger partial charge in [-0.05, 0) is 18.1 Å². The first-order valence-electron chi connectivity index (χ1n) is 9.66. The number of H-pyrrole nitrogens is 1. The summed E-state index contributed by atoms with van der Waals surface area (Å²) in [7, 11) is 0. The average Bonchev–Trinajstić information content (AvgIpc) is 3.35. The second kappa shape index (κ2) is 7.84. The molecule has 1 aliphatic rings. The minimum atomic E-state index is -0.559. The van der Waals surface area contributed by atoms with Crippen molar-refractivity contribution in [1.82, 2.24) is 15.2 Å². The number of aromatic amines is 1. The number of para-hydroxylation sites is 1. The van der Waals surface area contributed by atoms with E-state index in [4.69, 9.17) is 0 Å². The molecule has 5 nitrogen and oxygen atoms in total. The van der Waals surface area contributed by atoms with E-state index in [0.717, 1.165) is 42.2 Å². The van der Waals surface area contributed by atoms with E-state index in [9.17, 15) is 5.11 Å². The van der Waals surface area contributed by atoms with Gasteiger partial charge in [0.2, 0.25) is 0 Å². The van der Waals surface area contributed by atoms with Gasteiger partial charge in [0.1, 0.15) is 6.23 Å². The normalized spacial score (nSPS) is 14.8. The van der Waals surface area contributed by atoms with Crippen LogP contribution in [0.4, 0.5) is 0 Å². The Bertz CT molecular complexity index is 932. The number of aromatic nitrogens is 1. The number of nitrogens with zero attached hydrogens (tertiary/aromatic N) is 2. The number of rotatable bonds is 6. The highest BCUT2D eigenvalue weighted by Crippen LogP contribution is 2.32. The molecule has 1 aliphatic heterocycles. The van der Waals surface area contributed by atoms with Gasteiger partial charge in [-0.2, -0.15) is 0 Å². The first kappa shape index (κ1) is 17.6. The molecule has 27 heavy (non-hydrogen) atoms. The SMILES string of the molecule is CCCC(O)N(Cc1c(-c2ccccc2)[nH]c2ccccc12)C1=NCCN1. The number of hydrogen-bond acceptors (Lipinski definition) is 4. The van der Waals surface area contributed by atoms with Gasteiger partial charge >= 0.3 is 0 Å². The van der Waals surface area contributed by atoms with Crippen molar-refractivity contribution in [3.63, 3.8) is 0 Å². The molecule has 2 heterocycles. The summed E-state index contributed by atoms with van der Waals surface area (Å²) in [4.78, 5) is 10.1. The van der Waals surface area contributed by atoms with Crippen LogP contribution in [0.25, 0.3) is 22.2 Å². The standard InChI is InChI=1S/C22H26N4O/c1-2-8-20(27)26(22-23-13-14-24-22)15-18-17-11-6-7-12-19(17)25-21(18)16-9-4-3-5-10-16/h3-7,9-12,20,25,27H,2,8,13-15H2,1H3,(H,23,24). The van der Waals surface area contributed by atoms with Gasteiger partial charge in [0, 0.05) is 23.0 Å². The summed E-state index contributed by atoms with van der Waals surface area (Å²) in [6, 6.07) is 18.7. The molecule has 3 N–H and O–H groups in total. The maximum atomic E-state index is 10.8. The molecule has 1 aromatic heterocycles. The molecule has 1 atom stereocenters. The van der Waals surface area contributed by atoms with Crippen LogP contribution in [0.1, 0.15) is 25.3 Å². The predicted octanol–water partition coefficient (Wildman–Crippen LogP) is 3.71. The molecule has 2 aromatic carbocycles. The van der Waals surface area contributed by atoms with Gasteiger partial charge < -0.3 is 20.3 Å². The zero-order valence-corrected chi connectivity index (χ0v) is 15.7. The summed E-state index contributed by atoms with van der Waals surface area (Å²) in [5.74, 6) is 0.792. The predicted molar refractivity (Wildman–Crippen MR) is 110 cm³/mol. The van der Waals surface area contributed by atoms with Crippen LogP contribution < -0.4 is 5.32 Å². The largest absolute Gasteiger partial charge is 0.374 e. The fraction of sp³-hybridized carbons (Fsp3) is 0.318. The molecule has 0 fully saturated rings. The third kappa shape index (κ3) is 3.55. The minimum Gasteiger partial charge on any atom is -0.374 e. The zero-order chi connectivity index (χ0) is 18.6. The molecule has 0 aliphatic carbocycles. The molecule has 0 spiro atoms. The van der Waals surface area contributed by atoms with Gasteiger partial charge in [0.25, 0.3) is 0 Å². The highest BCUT2D eigenvalue weighted by atomic mass is 16.3. The lowest BCUT2D eigenvalue weighted by atomic mass is 10.0. The Labute approximate surface area is 159 Å². The first-order valence-corrected chi connectivity index (χ1v) is 9.66. The molecule has 4 rings (SSSR count). The quantitative estimate of drug-likeness (QED) is 0.586. The van der Waals surface area contributed by atoms with E-state index < -0.39 is 6.23 Å². The molecular formula is C22H26N4O. The Morgan fingerprint density at radius 2 is 1.89 bits per heavy atom. The molecule has 140 valence electrons. The molecule has 0 radical (unpaired) electrons. The number of hydrogen-bond donors (Lipinski definition) is 3. The van der Waals surface area contributed by atoms with Crippen molar-refractivity contribution < 1.29 is 5.11 Å². The van der Waals surface area contributed by atoms with Crippen LogP contribution in [-0.2, 0) is 6.54 Å². The third-order valence-electron chi connectivity index (χ3n) is 5.04. The van der Waals surface area contributed by atoms with Gasteiger partial charge in [-0.1, -0.05) is 61.9 Å². The zero-order valence-electron chi connectivity index (χ0n) is 15.7. The van der Waals surface area contributed by atoms with Crippen molar-refractivity contribution in [2.45, 2.75) is 32.5 Å². The van der Waals surface area contributed by atoms with Crippen molar-refractivity contribution in [3.05, 3.63) is 60.2 Å². The van der Waals surface area contributed by atoms with Gasteiger partial charge in [0.15, 0.2) is 5.96 Å². The Balaban J connectivity index is 1.79. The minimum absolute atomic E-state index is 0.559. The van der Waals surface area contributed by atoms with Crippen LogP contribution in [0.2, 0.25) is 0 Å².